The van der Waals surface area contributed by atoms with Gasteiger partial charge in [-0.2, -0.15) is 13.2 Å². The fourth-order valence-electron chi connectivity index (χ4n) is 0.691. The summed E-state index contributed by atoms with van der Waals surface area (Å²) in [6, 6.07) is 0. The third-order valence-corrected chi connectivity index (χ3v) is 1.26. The van der Waals surface area contributed by atoms with Crippen molar-refractivity contribution < 1.29 is 18.0 Å². The third kappa shape index (κ3) is 2.94. The third-order valence-electron chi connectivity index (χ3n) is 1.26. The molecule has 1 amide bonds. The Morgan fingerprint density at radius 3 is 2.33 bits per heavy atom. The van der Waals surface area contributed by atoms with Crippen molar-refractivity contribution in [1.29, 1.82) is 0 Å². The van der Waals surface area contributed by atoms with Gasteiger partial charge < -0.3 is 4.90 Å². The average molecular weight is 181 g/mol. The van der Waals surface area contributed by atoms with Crippen LogP contribution in [0.1, 0.15) is 6.92 Å². The van der Waals surface area contributed by atoms with Crippen LogP contribution >= 0.6 is 0 Å². The van der Waals surface area contributed by atoms with Crippen molar-refractivity contribution in [3.63, 3.8) is 0 Å². The van der Waals surface area contributed by atoms with E-state index in [9.17, 15) is 18.0 Å². The van der Waals surface area contributed by atoms with Gasteiger partial charge in [0.05, 0.1) is 0 Å². The number of hydrogen-bond acceptors (Lipinski definition) is 1. The van der Waals surface area contributed by atoms with Gasteiger partial charge in [0.25, 0.3) is 0 Å². The van der Waals surface area contributed by atoms with Gasteiger partial charge in [-0.15, -0.1) is 6.58 Å². The van der Waals surface area contributed by atoms with Crippen molar-refractivity contribution >= 4 is 5.91 Å². The van der Waals surface area contributed by atoms with E-state index in [0.717, 1.165) is 0 Å². The van der Waals surface area contributed by atoms with E-state index in [1.54, 1.807) is 0 Å². The van der Waals surface area contributed by atoms with E-state index in [4.69, 9.17) is 0 Å². The molecule has 0 aromatic rings. The molecule has 0 fully saturated rings. The number of amides is 1. The summed E-state index contributed by atoms with van der Waals surface area (Å²) >= 11 is 0. The lowest BCUT2D eigenvalue weighted by Crippen LogP contribution is -2.40. The number of halogens is 3. The largest absolute Gasteiger partial charge is 0.471 e. The number of rotatable bonds is 3. The normalized spacial score (nSPS) is 11.0. The predicted molar refractivity (Wildman–Crippen MR) is 38.5 cm³/mol. The van der Waals surface area contributed by atoms with Crippen molar-refractivity contribution in [3.8, 4) is 0 Å². The Bertz CT molecular complexity index is 176. The number of likely N-dealkylation sites (N-methyl/N-ethyl adjacent to an activating group) is 1. The zero-order chi connectivity index (χ0) is 9.78. The fraction of sp³-hybridized carbons (Fsp3) is 0.571. The molecule has 0 bridgehead atoms. The van der Waals surface area contributed by atoms with Crippen LogP contribution in [0.3, 0.4) is 0 Å². The fourth-order valence-corrected chi connectivity index (χ4v) is 0.691. The number of alkyl halides is 3. The molecule has 2 nitrogen and oxygen atoms in total. The van der Waals surface area contributed by atoms with Crippen molar-refractivity contribution in [2.45, 2.75) is 13.1 Å². The molecule has 0 aliphatic heterocycles. The number of nitrogens with zero attached hydrogens (tertiary/aromatic N) is 1. The number of carbonyl (C=O) groups is 1. The summed E-state index contributed by atoms with van der Waals surface area (Å²) in [5.74, 6) is -1.81. The van der Waals surface area contributed by atoms with Crippen LogP contribution in [-0.4, -0.2) is 30.1 Å². The van der Waals surface area contributed by atoms with E-state index in [1.165, 1.54) is 13.0 Å². The molecule has 0 N–H and O–H groups in total. The first-order chi connectivity index (χ1) is 5.43. The molecule has 0 rings (SSSR count). The zero-order valence-electron chi connectivity index (χ0n) is 6.69. The molecule has 5 heteroatoms. The molecule has 0 aromatic heterocycles. The minimum atomic E-state index is -4.78. The zero-order valence-corrected chi connectivity index (χ0v) is 6.69. The SMILES string of the molecule is C=CCN(CC)C(=O)C(F)(F)F. The molecule has 70 valence electrons. The maximum Gasteiger partial charge on any atom is 0.471 e. The van der Waals surface area contributed by atoms with Crippen molar-refractivity contribution in [2.75, 3.05) is 13.1 Å². The second kappa shape index (κ2) is 4.13. The van der Waals surface area contributed by atoms with Crippen LogP contribution in [0.4, 0.5) is 13.2 Å². The Morgan fingerprint density at radius 1 is 1.58 bits per heavy atom. The van der Waals surface area contributed by atoms with Crippen molar-refractivity contribution in [2.24, 2.45) is 0 Å². The first-order valence-electron chi connectivity index (χ1n) is 3.40. The summed E-state index contributed by atoms with van der Waals surface area (Å²) in [5, 5.41) is 0. The lowest BCUT2D eigenvalue weighted by atomic mass is 10.4. The van der Waals surface area contributed by atoms with E-state index in [0.29, 0.717) is 4.90 Å². The first-order valence-corrected chi connectivity index (χ1v) is 3.40. The topological polar surface area (TPSA) is 20.3 Å². The standard InChI is InChI=1S/C7H10F3NO/c1-3-5-11(4-2)6(12)7(8,9)10/h3H,1,4-5H2,2H3. The highest BCUT2D eigenvalue weighted by Crippen LogP contribution is 2.17. The molecular formula is C7H10F3NO. The van der Waals surface area contributed by atoms with E-state index < -0.39 is 12.1 Å². The second-order valence-electron chi connectivity index (χ2n) is 2.13. The maximum absolute atomic E-state index is 11.8. The lowest BCUT2D eigenvalue weighted by molar-refractivity contribution is -0.184. The highest BCUT2D eigenvalue weighted by atomic mass is 19.4. The Kier molecular flexibility index (Phi) is 3.79. The van der Waals surface area contributed by atoms with Crippen molar-refractivity contribution in [3.05, 3.63) is 12.7 Å². The van der Waals surface area contributed by atoms with Crippen molar-refractivity contribution in [1.82, 2.24) is 4.90 Å². The Labute approximate surface area is 68.7 Å². The molecule has 12 heavy (non-hydrogen) atoms. The number of carbonyl (C=O) groups excluding carboxylic acids is 1. The summed E-state index contributed by atoms with van der Waals surface area (Å²) in [4.78, 5) is 11.2. The van der Waals surface area contributed by atoms with Gasteiger partial charge >= 0.3 is 12.1 Å². The van der Waals surface area contributed by atoms with E-state index in [1.807, 2.05) is 0 Å². The van der Waals surface area contributed by atoms with Gasteiger partial charge in [0, 0.05) is 13.1 Å². The van der Waals surface area contributed by atoms with Gasteiger partial charge in [-0.05, 0) is 6.92 Å². The van der Waals surface area contributed by atoms with Gasteiger partial charge in [0.15, 0.2) is 0 Å². The predicted octanol–water partition coefficient (Wildman–Crippen LogP) is 1.58. The van der Waals surface area contributed by atoms with E-state index in [-0.39, 0.29) is 13.1 Å². The minimum Gasteiger partial charge on any atom is -0.331 e. The van der Waals surface area contributed by atoms with E-state index >= 15 is 0 Å². The second-order valence-corrected chi connectivity index (χ2v) is 2.13. The molecule has 0 unspecified atom stereocenters. The molecule has 0 saturated carbocycles. The Morgan fingerprint density at radius 2 is 2.08 bits per heavy atom. The van der Waals surface area contributed by atoms with Crippen LogP contribution in [0.15, 0.2) is 12.7 Å². The molecule has 0 aromatic carbocycles. The maximum atomic E-state index is 11.8. The Balaban J connectivity index is 4.31. The monoisotopic (exact) mass is 181 g/mol. The lowest BCUT2D eigenvalue weighted by Gasteiger charge is -2.19. The van der Waals surface area contributed by atoms with Crippen LogP contribution in [0.5, 0.6) is 0 Å². The van der Waals surface area contributed by atoms with Crippen LogP contribution in [0, 0.1) is 0 Å². The minimum absolute atomic E-state index is 0.0321. The highest BCUT2D eigenvalue weighted by Gasteiger charge is 2.41. The molecule has 0 saturated heterocycles. The molecule has 0 heterocycles. The average Bonchev–Trinajstić information content (AvgIpc) is 1.97. The van der Waals surface area contributed by atoms with E-state index in [2.05, 4.69) is 6.58 Å². The smallest absolute Gasteiger partial charge is 0.331 e. The quantitative estimate of drug-likeness (QED) is 0.605. The molecule has 0 atom stereocenters. The molecule has 0 spiro atoms. The molecular weight excluding hydrogens is 171 g/mol. The summed E-state index contributed by atoms with van der Waals surface area (Å²) in [5.41, 5.74) is 0. The van der Waals surface area contributed by atoms with Gasteiger partial charge in [0.2, 0.25) is 0 Å². The highest BCUT2D eigenvalue weighted by molar-refractivity contribution is 5.81. The molecule has 0 radical (unpaired) electrons. The van der Waals surface area contributed by atoms with Crippen LogP contribution < -0.4 is 0 Å². The molecule has 0 aliphatic carbocycles. The Hall–Kier alpha value is -1.00. The van der Waals surface area contributed by atoms with Gasteiger partial charge in [-0.25, -0.2) is 0 Å². The summed E-state index contributed by atoms with van der Waals surface area (Å²) in [7, 11) is 0. The first kappa shape index (κ1) is 11.0. The van der Waals surface area contributed by atoms with Crippen LogP contribution in [0.2, 0.25) is 0 Å². The number of hydrogen-bond donors (Lipinski definition) is 0. The van der Waals surface area contributed by atoms with Gasteiger partial charge in [-0.1, -0.05) is 6.08 Å². The molecule has 0 aliphatic rings. The summed E-state index contributed by atoms with van der Waals surface area (Å²) in [6.07, 6.45) is -3.52. The summed E-state index contributed by atoms with van der Waals surface area (Å²) in [6.45, 7) is 4.69. The van der Waals surface area contributed by atoms with Gasteiger partial charge in [0.1, 0.15) is 0 Å². The summed E-state index contributed by atoms with van der Waals surface area (Å²) < 4.78 is 35.4. The van der Waals surface area contributed by atoms with Gasteiger partial charge in [-0.3, -0.25) is 4.79 Å². The van der Waals surface area contributed by atoms with Crippen LogP contribution in [0.25, 0.3) is 0 Å². The van der Waals surface area contributed by atoms with Crippen LogP contribution in [-0.2, 0) is 4.79 Å².